The fraction of sp³-hybridized carbons (Fsp3) is 0.364. The van der Waals surface area contributed by atoms with Crippen molar-refractivity contribution in [3.63, 3.8) is 0 Å². The van der Waals surface area contributed by atoms with Gasteiger partial charge in [-0.15, -0.1) is 0 Å². The van der Waals surface area contributed by atoms with Gasteiger partial charge in [-0.25, -0.2) is 4.79 Å². The zero-order valence-corrected chi connectivity index (χ0v) is 8.52. The van der Waals surface area contributed by atoms with Crippen LogP contribution >= 0.6 is 0 Å². The summed E-state index contributed by atoms with van der Waals surface area (Å²) >= 11 is 0. The summed E-state index contributed by atoms with van der Waals surface area (Å²) in [6.07, 6.45) is 0.956. The molecular weight excluding hydrogens is 190 g/mol. The molecule has 1 saturated heterocycles. The van der Waals surface area contributed by atoms with Crippen molar-refractivity contribution in [3.8, 4) is 0 Å². The highest BCUT2D eigenvalue weighted by molar-refractivity contribution is 5.72. The number of amides is 2. The Hall–Kier alpha value is -1.71. The van der Waals surface area contributed by atoms with Gasteiger partial charge < -0.3 is 16.0 Å². The molecule has 1 aliphatic heterocycles. The zero-order valence-electron chi connectivity index (χ0n) is 8.52. The van der Waals surface area contributed by atoms with Gasteiger partial charge in [0.05, 0.1) is 0 Å². The summed E-state index contributed by atoms with van der Waals surface area (Å²) in [5, 5.41) is 3.38. The number of nitrogens with one attached hydrogen (secondary N) is 1. The first-order valence-corrected chi connectivity index (χ1v) is 5.11. The third kappa shape index (κ3) is 2.40. The minimum atomic E-state index is -0.327. The van der Waals surface area contributed by atoms with Crippen molar-refractivity contribution >= 4 is 11.7 Å². The van der Waals surface area contributed by atoms with Crippen LogP contribution in [0.2, 0.25) is 0 Å². The fourth-order valence-corrected chi connectivity index (χ4v) is 1.85. The number of primary amides is 1. The van der Waals surface area contributed by atoms with Crippen LogP contribution in [0.25, 0.3) is 0 Å². The second-order valence-electron chi connectivity index (χ2n) is 3.78. The van der Waals surface area contributed by atoms with E-state index in [1.807, 2.05) is 30.3 Å². The molecule has 15 heavy (non-hydrogen) atoms. The molecule has 2 amide bonds. The highest BCUT2D eigenvalue weighted by atomic mass is 16.2. The van der Waals surface area contributed by atoms with Crippen LogP contribution in [0.1, 0.15) is 6.42 Å². The molecule has 3 N–H and O–H groups in total. The number of nitrogens with two attached hydrogens (primary N) is 1. The minimum Gasteiger partial charge on any atom is -0.380 e. The van der Waals surface area contributed by atoms with Crippen LogP contribution in [-0.4, -0.2) is 30.1 Å². The van der Waals surface area contributed by atoms with Crippen LogP contribution in [-0.2, 0) is 0 Å². The summed E-state index contributed by atoms with van der Waals surface area (Å²) < 4.78 is 0. The van der Waals surface area contributed by atoms with E-state index in [1.54, 1.807) is 4.90 Å². The molecule has 0 spiro atoms. The maximum Gasteiger partial charge on any atom is 0.314 e. The van der Waals surface area contributed by atoms with E-state index in [-0.39, 0.29) is 6.03 Å². The van der Waals surface area contributed by atoms with Gasteiger partial charge in [-0.1, -0.05) is 18.2 Å². The number of rotatable bonds is 2. The van der Waals surface area contributed by atoms with Gasteiger partial charge in [0, 0.05) is 24.8 Å². The predicted molar refractivity (Wildman–Crippen MR) is 59.6 cm³/mol. The second-order valence-corrected chi connectivity index (χ2v) is 3.78. The Morgan fingerprint density at radius 3 is 2.73 bits per heavy atom. The molecule has 1 fully saturated rings. The summed E-state index contributed by atoms with van der Waals surface area (Å²) in [6.45, 7) is 1.45. The first-order valence-electron chi connectivity index (χ1n) is 5.11. The zero-order chi connectivity index (χ0) is 10.7. The molecule has 1 aromatic rings. The molecule has 80 valence electrons. The number of likely N-dealkylation sites (tertiary alicyclic amines) is 1. The lowest BCUT2D eigenvalue weighted by atomic mass is 10.2. The van der Waals surface area contributed by atoms with E-state index >= 15 is 0 Å². The van der Waals surface area contributed by atoms with Crippen LogP contribution in [0.5, 0.6) is 0 Å². The van der Waals surface area contributed by atoms with E-state index in [4.69, 9.17) is 5.73 Å². The van der Waals surface area contributed by atoms with Crippen molar-refractivity contribution in [3.05, 3.63) is 30.3 Å². The molecule has 0 aliphatic carbocycles. The van der Waals surface area contributed by atoms with E-state index in [0.717, 1.165) is 18.7 Å². The van der Waals surface area contributed by atoms with Gasteiger partial charge in [-0.05, 0) is 18.6 Å². The third-order valence-corrected chi connectivity index (χ3v) is 2.64. The first-order chi connectivity index (χ1) is 7.25. The number of anilines is 1. The molecule has 4 heteroatoms. The SMILES string of the molecule is NC(=O)N1CCC(Nc2ccccc2)C1. The Kier molecular flexibility index (Phi) is 2.76. The maximum atomic E-state index is 10.9. The van der Waals surface area contributed by atoms with Gasteiger partial charge in [0.15, 0.2) is 0 Å². The average molecular weight is 205 g/mol. The maximum absolute atomic E-state index is 10.9. The summed E-state index contributed by atoms with van der Waals surface area (Å²) in [6, 6.07) is 9.99. The lowest BCUT2D eigenvalue weighted by molar-refractivity contribution is 0.218. The monoisotopic (exact) mass is 205 g/mol. The Morgan fingerprint density at radius 2 is 2.13 bits per heavy atom. The van der Waals surface area contributed by atoms with Gasteiger partial charge in [0.25, 0.3) is 0 Å². The van der Waals surface area contributed by atoms with Crippen LogP contribution in [0, 0.1) is 0 Å². The minimum absolute atomic E-state index is 0.319. The predicted octanol–water partition coefficient (Wildman–Crippen LogP) is 1.25. The number of urea groups is 1. The lowest BCUT2D eigenvalue weighted by Crippen LogP contribution is -2.35. The highest BCUT2D eigenvalue weighted by Gasteiger charge is 2.24. The molecule has 0 aromatic heterocycles. The van der Waals surface area contributed by atoms with E-state index in [0.29, 0.717) is 12.6 Å². The number of carbonyl (C=O) groups excluding carboxylic acids is 1. The molecule has 0 radical (unpaired) electrons. The standard InChI is InChI=1S/C11H15N3O/c12-11(15)14-7-6-10(8-14)13-9-4-2-1-3-5-9/h1-5,10,13H,6-8H2,(H2,12,15). The van der Waals surface area contributed by atoms with Gasteiger partial charge in [-0.3, -0.25) is 0 Å². The molecule has 1 heterocycles. The number of benzene rings is 1. The summed E-state index contributed by atoms with van der Waals surface area (Å²) in [7, 11) is 0. The van der Waals surface area contributed by atoms with E-state index < -0.39 is 0 Å². The molecule has 2 rings (SSSR count). The van der Waals surface area contributed by atoms with Crippen molar-refractivity contribution in [2.75, 3.05) is 18.4 Å². The second kappa shape index (κ2) is 4.21. The molecular formula is C11H15N3O. The fourth-order valence-electron chi connectivity index (χ4n) is 1.85. The molecule has 4 nitrogen and oxygen atoms in total. The van der Waals surface area contributed by atoms with Crippen molar-refractivity contribution < 1.29 is 4.79 Å². The van der Waals surface area contributed by atoms with Crippen LogP contribution in [0.15, 0.2) is 30.3 Å². The van der Waals surface area contributed by atoms with E-state index in [1.165, 1.54) is 0 Å². The Labute approximate surface area is 89.1 Å². The Bertz CT molecular complexity index is 339. The van der Waals surface area contributed by atoms with Crippen molar-refractivity contribution in [2.45, 2.75) is 12.5 Å². The Balaban J connectivity index is 1.90. The molecule has 1 aliphatic rings. The number of hydrogen-bond donors (Lipinski definition) is 2. The van der Waals surface area contributed by atoms with Crippen molar-refractivity contribution in [2.24, 2.45) is 5.73 Å². The number of hydrogen-bond acceptors (Lipinski definition) is 2. The van der Waals surface area contributed by atoms with Crippen molar-refractivity contribution in [1.29, 1.82) is 0 Å². The lowest BCUT2D eigenvalue weighted by Gasteiger charge is -2.15. The molecule has 0 bridgehead atoms. The third-order valence-electron chi connectivity index (χ3n) is 2.64. The van der Waals surface area contributed by atoms with Crippen LogP contribution in [0.4, 0.5) is 10.5 Å². The summed E-state index contributed by atoms with van der Waals surface area (Å²) in [5.41, 5.74) is 6.30. The summed E-state index contributed by atoms with van der Waals surface area (Å²) in [5.74, 6) is 0. The van der Waals surface area contributed by atoms with Gasteiger partial charge in [-0.2, -0.15) is 0 Å². The smallest absolute Gasteiger partial charge is 0.314 e. The summed E-state index contributed by atoms with van der Waals surface area (Å²) in [4.78, 5) is 12.6. The van der Waals surface area contributed by atoms with E-state index in [9.17, 15) is 4.79 Å². The molecule has 1 aromatic carbocycles. The van der Waals surface area contributed by atoms with Gasteiger partial charge in [0.2, 0.25) is 0 Å². The normalized spacial score (nSPS) is 20.3. The van der Waals surface area contributed by atoms with Gasteiger partial charge >= 0.3 is 6.03 Å². The highest BCUT2D eigenvalue weighted by Crippen LogP contribution is 2.14. The number of carbonyl (C=O) groups is 1. The van der Waals surface area contributed by atoms with Crippen LogP contribution in [0.3, 0.4) is 0 Å². The van der Waals surface area contributed by atoms with E-state index in [2.05, 4.69) is 5.32 Å². The molecule has 1 atom stereocenters. The quantitative estimate of drug-likeness (QED) is 0.763. The molecule has 0 saturated carbocycles. The first kappa shape index (κ1) is 9.83. The molecule has 1 unspecified atom stereocenters. The average Bonchev–Trinajstić information content (AvgIpc) is 2.68. The number of para-hydroxylation sites is 1. The van der Waals surface area contributed by atoms with Gasteiger partial charge in [0.1, 0.15) is 0 Å². The number of nitrogens with zero attached hydrogens (tertiary/aromatic N) is 1. The largest absolute Gasteiger partial charge is 0.380 e. The Morgan fingerprint density at radius 1 is 1.40 bits per heavy atom. The topological polar surface area (TPSA) is 58.4 Å². The van der Waals surface area contributed by atoms with Crippen LogP contribution < -0.4 is 11.1 Å². The van der Waals surface area contributed by atoms with Crippen molar-refractivity contribution in [1.82, 2.24) is 4.90 Å².